The third kappa shape index (κ3) is 1.20. The van der Waals surface area contributed by atoms with Crippen molar-refractivity contribution in [1.82, 2.24) is 9.97 Å². The summed E-state index contributed by atoms with van der Waals surface area (Å²) in [6.45, 7) is 5.43. The lowest BCUT2D eigenvalue weighted by Gasteiger charge is -2.17. The van der Waals surface area contributed by atoms with Gasteiger partial charge in [-0.05, 0) is 13.8 Å². The fourth-order valence-corrected chi connectivity index (χ4v) is 1.54. The zero-order valence-electron chi connectivity index (χ0n) is 7.42. The summed E-state index contributed by atoms with van der Waals surface area (Å²) in [6, 6.07) is 0. The molecule has 0 radical (unpaired) electrons. The van der Waals surface area contributed by atoms with Crippen molar-refractivity contribution in [2.45, 2.75) is 26.9 Å². The molecule has 0 N–H and O–H groups in total. The highest BCUT2D eigenvalue weighted by Gasteiger charge is 2.14. The van der Waals surface area contributed by atoms with Crippen molar-refractivity contribution in [3.05, 3.63) is 22.8 Å². The fraction of sp³-hybridized carbons (Fsp3) is 0.556. The SMILES string of the molecule is Cc1nc(C)c2c(n1)CCOC2. The summed E-state index contributed by atoms with van der Waals surface area (Å²) >= 11 is 0. The standard InChI is InChI=1S/C9H12N2O/c1-6-8-5-12-4-3-9(8)11-7(2)10-6/h3-5H2,1-2H3. The average Bonchev–Trinajstić information content (AvgIpc) is 2.04. The molecule has 0 unspecified atom stereocenters. The van der Waals surface area contributed by atoms with Crippen LogP contribution in [0.25, 0.3) is 0 Å². The second-order valence-corrected chi connectivity index (χ2v) is 3.08. The lowest BCUT2D eigenvalue weighted by atomic mass is 10.1. The van der Waals surface area contributed by atoms with Crippen LogP contribution in [0.4, 0.5) is 0 Å². The highest BCUT2D eigenvalue weighted by atomic mass is 16.5. The van der Waals surface area contributed by atoms with Gasteiger partial charge in [-0.25, -0.2) is 9.97 Å². The zero-order chi connectivity index (χ0) is 8.55. The van der Waals surface area contributed by atoms with Crippen LogP contribution in [0.3, 0.4) is 0 Å². The molecule has 1 aliphatic heterocycles. The monoisotopic (exact) mass is 164 g/mol. The minimum atomic E-state index is 0.682. The van der Waals surface area contributed by atoms with Gasteiger partial charge in [0.2, 0.25) is 0 Å². The molecule has 1 aromatic rings. The van der Waals surface area contributed by atoms with Crippen LogP contribution in [-0.2, 0) is 17.8 Å². The van der Waals surface area contributed by atoms with Crippen LogP contribution in [0.1, 0.15) is 22.8 Å². The van der Waals surface area contributed by atoms with Gasteiger partial charge in [0.1, 0.15) is 5.82 Å². The molecule has 64 valence electrons. The van der Waals surface area contributed by atoms with E-state index in [1.807, 2.05) is 13.8 Å². The summed E-state index contributed by atoms with van der Waals surface area (Å²) in [6.07, 6.45) is 0.930. The number of hydrogen-bond donors (Lipinski definition) is 0. The lowest BCUT2D eigenvalue weighted by Crippen LogP contribution is -2.15. The molecule has 0 amide bonds. The van der Waals surface area contributed by atoms with Gasteiger partial charge >= 0.3 is 0 Å². The van der Waals surface area contributed by atoms with E-state index >= 15 is 0 Å². The van der Waals surface area contributed by atoms with Crippen LogP contribution < -0.4 is 0 Å². The van der Waals surface area contributed by atoms with Crippen molar-refractivity contribution in [3.8, 4) is 0 Å². The quantitative estimate of drug-likeness (QED) is 0.577. The number of rotatable bonds is 0. The summed E-state index contributed by atoms with van der Waals surface area (Å²) in [4.78, 5) is 8.68. The molecule has 0 spiro atoms. The number of ether oxygens (including phenoxy) is 1. The van der Waals surface area contributed by atoms with Gasteiger partial charge in [0, 0.05) is 17.7 Å². The van der Waals surface area contributed by atoms with Crippen molar-refractivity contribution in [1.29, 1.82) is 0 Å². The predicted molar refractivity (Wildman–Crippen MR) is 44.9 cm³/mol. The Labute approximate surface area is 71.8 Å². The molecule has 0 bridgehead atoms. The van der Waals surface area contributed by atoms with Gasteiger partial charge in [0.15, 0.2) is 0 Å². The van der Waals surface area contributed by atoms with Gasteiger partial charge in [0.25, 0.3) is 0 Å². The maximum absolute atomic E-state index is 5.34. The van der Waals surface area contributed by atoms with Crippen molar-refractivity contribution in [2.24, 2.45) is 0 Å². The first-order valence-electron chi connectivity index (χ1n) is 4.18. The van der Waals surface area contributed by atoms with Crippen LogP contribution in [0, 0.1) is 13.8 Å². The van der Waals surface area contributed by atoms with E-state index in [1.54, 1.807) is 0 Å². The molecule has 0 aliphatic carbocycles. The number of fused-ring (bicyclic) bond motifs is 1. The van der Waals surface area contributed by atoms with Crippen molar-refractivity contribution >= 4 is 0 Å². The normalized spacial score (nSPS) is 15.8. The van der Waals surface area contributed by atoms with Gasteiger partial charge in [0.05, 0.1) is 18.9 Å². The molecule has 3 heteroatoms. The molecule has 1 aromatic heterocycles. The highest BCUT2D eigenvalue weighted by molar-refractivity contribution is 5.25. The smallest absolute Gasteiger partial charge is 0.125 e. The van der Waals surface area contributed by atoms with Crippen LogP contribution in [0.15, 0.2) is 0 Å². The van der Waals surface area contributed by atoms with E-state index in [4.69, 9.17) is 4.74 Å². The molecular formula is C9H12N2O. The molecule has 1 aliphatic rings. The van der Waals surface area contributed by atoms with Gasteiger partial charge in [-0.3, -0.25) is 0 Å². The van der Waals surface area contributed by atoms with E-state index in [0.29, 0.717) is 6.61 Å². The van der Waals surface area contributed by atoms with Gasteiger partial charge in [-0.15, -0.1) is 0 Å². The molecule has 0 fully saturated rings. The Morgan fingerprint density at radius 1 is 1.25 bits per heavy atom. The molecule has 0 aromatic carbocycles. The molecule has 0 saturated heterocycles. The van der Waals surface area contributed by atoms with E-state index in [0.717, 1.165) is 24.5 Å². The number of nitrogens with zero attached hydrogens (tertiary/aromatic N) is 2. The van der Waals surface area contributed by atoms with E-state index in [1.165, 1.54) is 11.3 Å². The third-order valence-corrected chi connectivity index (χ3v) is 2.14. The first kappa shape index (κ1) is 7.68. The summed E-state index contributed by atoms with van der Waals surface area (Å²) in [5.74, 6) is 0.869. The maximum Gasteiger partial charge on any atom is 0.125 e. The summed E-state index contributed by atoms with van der Waals surface area (Å²) < 4.78 is 5.34. The number of aryl methyl sites for hydroxylation is 2. The van der Waals surface area contributed by atoms with Crippen LogP contribution >= 0.6 is 0 Å². The topological polar surface area (TPSA) is 35.0 Å². The number of aromatic nitrogens is 2. The van der Waals surface area contributed by atoms with E-state index in [9.17, 15) is 0 Å². The molecule has 0 saturated carbocycles. The lowest BCUT2D eigenvalue weighted by molar-refractivity contribution is 0.108. The molecular weight excluding hydrogens is 152 g/mol. The van der Waals surface area contributed by atoms with Gasteiger partial charge in [-0.1, -0.05) is 0 Å². The Kier molecular flexibility index (Phi) is 1.81. The Morgan fingerprint density at radius 3 is 2.92 bits per heavy atom. The molecule has 12 heavy (non-hydrogen) atoms. The Bertz CT molecular complexity index is 310. The van der Waals surface area contributed by atoms with Crippen molar-refractivity contribution in [2.75, 3.05) is 6.61 Å². The predicted octanol–water partition coefficient (Wildman–Crippen LogP) is 1.17. The van der Waals surface area contributed by atoms with Crippen molar-refractivity contribution < 1.29 is 4.74 Å². The van der Waals surface area contributed by atoms with Crippen LogP contribution in [0.2, 0.25) is 0 Å². The van der Waals surface area contributed by atoms with Gasteiger partial charge in [-0.2, -0.15) is 0 Å². The molecule has 0 atom stereocenters. The first-order chi connectivity index (χ1) is 5.77. The summed E-state index contributed by atoms with van der Waals surface area (Å²) in [7, 11) is 0. The van der Waals surface area contributed by atoms with E-state index in [-0.39, 0.29) is 0 Å². The molecule has 3 nitrogen and oxygen atoms in total. The average molecular weight is 164 g/mol. The third-order valence-electron chi connectivity index (χ3n) is 2.14. The summed E-state index contributed by atoms with van der Waals surface area (Å²) in [5, 5.41) is 0. The zero-order valence-corrected chi connectivity index (χ0v) is 7.42. The van der Waals surface area contributed by atoms with E-state index < -0.39 is 0 Å². The molecule has 2 rings (SSSR count). The van der Waals surface area contributed by atoms with Gasteiger partial charge < -0.3 is 4.74 Å². The highest BCUT2D eigenvalue weighted by Crippen LogP contribution is 2.16. The van der Waals surface area contributed by atoms with Crippen LogP contribution in [-0.4, -0.2) is 16.6 Å². The second-order valence-electron chi connectivity index (χ2n) is 3.08. The van der Waals surface area contributed by atoms with Crippen LogP contribution in [0.5, 0.6) is 0 Å². The minimum absolute atomic E-state index is 0.682. The largest absolute Gasteiger partial charge is 0.376 e. The van der Waals surface area contributed by atoms with Crippen molar-refractivity contribution in [3.63, 3.8) is 0 Å². The fourth-order valence-electron chi connectivity index (χ4n) is 1.54. The second kappa shape index (κ2) is 2.83. The Hall–Kier alpha value is -0.960. The summed E-state index contributed by atoms with van der Waals surface area (Å²) in [5.41, 5.74) is 3.43. The van der Waals surface area contributed by atoms with E-state index in [2.05, 4.69) is 9.97 Å². The number of hydrogen-bond acceptors (Lipinski definition) is 3. The Balaban J connectivity index is 2.53. The molecule has 2 heterocycles. The minimum Gasteiger partial charge on any atom is -0.376 e. The first-order valence-corrected chi connectivity index (χ1v) is 4.18. The maximum atomic E-state index is 5.34. The Morgan fingerprint density at radius 2 is 2.08 bits per heavy atom.